The molecule has 0 spiro atoms. The predicted molar refractivity (Wildman–Crippen MR) is 125 cm³/mol. The summed E-state index contributed by atoms with van der Waals surface area (Å²) in [5, 5.41) is 46.3. The lowest BCUT2D eigenvalue weighted by atomic mass is 9.98. The van der Waals surface area contributed by atoms with Gasteiger partial charge in [-0.15, -0.1) is 0 Å². The minimum atomic E-state index is -1.51. The van der Waals surface area contributed by atoms with Crippen molar-refractivity contribution in [3.05, 3.63) is 64.7 Å². The van der Waals surface area contributed by atoms with E-state index in [1.165, 1.54) is 0 Å². The Morgan fingerprint density at radius 3 is 2.36 bits per heavy atom. The molecular formula is C22H24ClN3O6S. The molecule has 2 aromatic rings. The van der Waals surface area contributed by atoms with E-state index in [1.807, 2.05) is 24.3 Å². The van der Waals surface area contributed by atoms with E-state index >= 15 is 0 Å². The first kappa shape index (κ1) is 23.8. The first-order chi connectivity index (χ1) is 15.8. The minimum absolute atomic E-state index is 0.144. The van der Waals surface area contributed by atoms with Crippen molar-refractivity contribution in [2.24, 2.45) is 10.8 Å². The van der Waals surface area contributed by atoms with Crippen LogP contribution in [0, 0.1) is 0 Å². The summed E-state index contributed by atoms with van der Waals surface area (Å²) < 4.78 is 11.0. The number of rotatable bonds is 5. The summed E-state index contributed by atoms with van der Waals surface area (Å²) in [7, 11) is 0. The van der Waals surface area contributed by atoms with Crippen molar-refractivity contribution in [1.82, 2.24) is 5.01 Å². The van der Waals surface area contributed by atoms with Crippen LogP contribution in [0.5, 0.6) is 5.75 Å². The Kier molecular flexibility index (Phi) is 7.15. The van der Waals surface area contributed by atoms with Gasteiger partial charge in [-0.05, 0) is 47.6 Å². The molecule has 2 aliphatic rings. The maximum atomic E-state index is 10.2. The van der Waals surface area contributed by atoms with E-state index in [2.05, 4.69) is 5.10 Å². The van der Waals surface area contributed by atoms with Gasteiger partial charge in [-0.2, -0.15) is 5.10 Å². The molecule has 4 rings (SSSR count). The molecule has 0 aliphatic carbocycles. The Hall–Kier alpha value is -2.31. The summed E-state index contributed by atoms with van der Waals surface area (Å²) >= 11 is 11.2. The maximum Gasteiger partial charge on any atom is 0.229 e. The van der Waals surface area contributed by atoms with Crippen LogP contribution in [0.4, 0.5) is 0 Å². The van der Waals surface area contributed by atoms with E-state index in [4.69, 9.17) is 39.0 Å². The Labute approximate surface area is 200 Å². The van der Waals surface area contributed by atoms with Crippen LogP contribution in [0.15, 0.2) is 53.6 Å². The van der Waals surface area contributed by atoms with Crippen LogP contribution in [0.2, 0.25) is 5.02 Å². The van der Waals surface area contributed by atoms with Crippen molar-refractivity contribution in [3.63, 3.8) is 0 Å². The lowest BCUT2D eigenvalue weighted by molar-refractivity contribution is -0.277. The monoisotopic (exact) mass is 493 g/mol. The molecule has 0 amide bonds. The van der Waals surface area contributed by atoms with Crippen LogP contribution < -0.4 is 10.5 Å². The van der Waals surface area contributed by atoms with E-state index < -0.39 is 37.3 Å². The van der Waals surface area contributed by atoms with Crippen LogP contribution in [-0.2, 0) is 4.74 Å². The number of thiocarbonyl (C=S) groups is 1. The van der Waals surface area contributed by atoms with Gasteiger partial charge in [0.2, 0.25) is 6.29 Å². The molecule has 2 heterocycles. The largest absolute Gasteiger partial charge is 0.462 e. The summed E-state index contributed by atoms with van der Waals surface area (Å²) in [5.41, 5.74) is 8.54. The first-order valence-electron chi connectivity index (χ1n) is 10.3. The highest BCUT2D eigenvalue weighted by Gasteiger charge is 2.44. The van der Waals surface area contributed by atoms with Crippen molar-refractivity contribution in [2.75, 3.05) is 6.61 Å². The average molecular weight is 494 g/mol. The summed E-state index contributed by atoms with van der Waals surface area (Å²) in [5.74, 6) is 0.363. The van der Waals surface area contributed by atoms with Crippen LogP contribution in [-0.4, -0.2) is 73.6 Å². The van der Waals surface area contributed by atoms with E-state index in [9.17, 15) is 20.4 Å². The Morgan fingerprint density at radius 2 is 1.76 bits per heavy atom. The highest BCUT2D eigenvalue weighted by molar-refractivity contribution is 7.80. The zero-order chi connectivity index (χ0) is 23.7. The number of halogens is 1. The molecule has 1 unspecified atom stereocenters. The minimum Gasteiger partial charge on any atom is -0.462 e. The van der Waals surface area contributed by atoms with Crippen LogP contribution in [0.25, 0.3) is 0 Å². The van der Waals surface area contributed by atoms with Gasteiger partial charge in [-0.25, -0.2) is 5.01 Å². The quantitative estimate of drug-likeness (QED) is 0.384. The number of nitrogens with zero attached hydrogens (tertiary/aromatic N) is 2. The molecule has 9 nitrogen and oxygen atoms in total. The molecule has 6 N–H and O–H groups in total. The standard InChI is InChI=1S/C22H24ClN3O6S/c23-13-5-1-11(2-6-13)15-9-16(26(25-15)22(24)33)12-3-7-14(8-4-12)31-21-20(30)19(29)18(28)17(10-27)32-21/h1-8,16-21,27-30H,9-10H2,(H2,24,33)/t16?,17-,18-,19-,20-,21-/m1/s1. The number of ether oxygens (including phenoxy) is 2. The summed E-state index contributed by atoms with van der Waals surface area (Å²) in [6.45, 7) is -0.532. The second-order valence-electron chi connectivity index (χ2n) is 7.84. The molecule has 176 valence electrons. The summed E-state index contributed by atoms with van der Waals surface area (Å²) in [6.07, 6.45) is -6.18. The molecule has 2 aromatic carbocycles. The van der Waals surface area contributed by atoms with Crippen molar-refractivity contribution in [2.45, 2.75) is 43.2 Å². The lowest BCUT2D eigenvalue weighted by Crippen LogP contribution is -2.60. The normalized spacial score (nSPS) is 29.6. The first-order valence-corrected chi connectivity index (χ1v) is 11.1. The lowest BCUT2D eigenvalue weighted by Gasteiger charge is -2.39. The molecular weight excluding hydrogens is 470 g/mol. The number of aliphatic hydroxyl groups excluding tert-OH is 4. The Morgan fingerprint density at radius 1 is 1.09 bits per heavy atom. The van der Waals surface area contributed by atoms with E-state index in [0.717, 1.165) is 16.8 Å². The van der Waals surface area contributed by atoms with Crippen LogP contribution >= 0.6 is 23.8 Å². The Balaban J connectivity index is 1.48. The molecule has 11 heteroatoms. The molecule has 0 aromatic heterocycles. The SMILES string of the molecule is NC(=S)N1N=C(c2ccc(Cl)cc2)CC1c1ccc(O[C@@H]2O[C@H](CO)[C@@H](O)[C@@H](O)[C@H]2O)cc1. The smallest absolute Gasteiger partial charge is 0.229 e. The van der Waals surface area contributed by atoms with E-state index in [-0.39, 0.29) is 11.2 Å². The number of hydrogen-bond acceptors (Lipinski definition) is 8. The van der Waals surface area contributed by atoms with Gasteiger partial charge in [0.15, 0.2) is 5.11 Å². The van der Waals surface area contributed by atoms with Gasteiger partial charge in [0, 0.05) is 11.4 Å². The average Bonchev–Trinajstić information content (AvgIpc) is 3.26. The molecule has 0 radical (unpaired) electrons. The predicted octanol–water partition coefficient (Wildman–Crippen LogP) is 0.913. The van der Waals surface area contributed by atoms with Gasteiger partial charge in [0.1, 0.15) is 30.2 Å². The van der Waals surface area contributed by atoms with Gasteiger partial charge in [0.05, 0.1) is 18.4 Å². The third-order valence-corrected chi connectivity index (χ3v) is 6.12. The van der Waals surface area contributed by atoms with E-state index in [1.54, 1.807) is 29.3 Å². The molecule has 1 fully saturated rings. The zero-order valence-corrected chi connectivity index (χ0v) is 18.9. The third-order valence-electron chi connectivity index (χ3n) is 5.68. The fourth-order valence-corrected chi connectivity index (χ4v) is 4.15. The molecule has 2 aliphatic heterocycles. The highest BCUT2D eigenvalue weighted by Crippen LogP contribution is 2.34. The number of hydrogen-bond donors (Lipinski definition) is 5. The van der Waals surface area contributed by atoms with Gasteiger partial charge < -0.3 is 35.6 Å². The topological polar surface area (TPSA) is 141 Å². The molecule has 1 saturated heterocycles. The third kappa shape index (κ3) is 4.97. The number of aliphatic hydroxyl groups is 4. The van der Waals surface area contributed by atoms with Gasteiger partial charge in [-0.1, -0.05) is 35.9 Å². The molecule has 0 saturated carbocycles. The van der Waals surface area contributed by atoms with Crippen molar-refractivity contribution in [3.8, 4) is 5.75 Å². The van der Waals surface area contributed by atoms with Crippen molar-refractivity contribution < 1.29 is 29.9 Å². The molecule has 33 heavy (non-hydrogen) atoms. The summed E-state index contributed by atoms with van der Waals surface area (Å²) in [6, 6.07) is 14.1. The number of benzene rings is 2. The molecule has 6 atom stereocenters. The number of nitrogens with two attached hydrogens (primary N) is 1. The Bertz CT molecular complexity index is 1020. The van der Waals surface area contributed by atoms with Gasteiger partial charge in [-0.3, -0.25) is 0 Å². The van der Waals surface area contributed by atoms with E-state index in [0.29, 0.717) is 17.2 Å². The highest BCUT2D eigenvalue weighted by atomic mass is 35.5. The second kappa shape index (κ2) is 9.90. The molecule has 0 bridgehead atoms. The van der Waals surface area contributed by atoms with Crippen molar-refractivity contribution >= 4 is 34.6 Å². The van der Waals surface area contributed by atoms with Gasteiger partial charge >= 0.3 is 0 Å². The van der Waals surface area contributed by atoms with Crippen molar-refractivity contribution in [1.29, 1.82) is 0 Å². The second-order valence-corrected chi connectivity index (χ2v) is 8.70. The fraction of sp³-hybridized carbons (Fsp3) is 0.364. The number of hydrazone groups is 1. The van der Waals surface area contributed by atoms with Gasteiger partial charge in [0.25, 0.3) is 0 Å². The maximum absolute atomic E-state index is 10.2. The zero-order valence-electron chi connectivity index (χ0n) is 17.4. The van der Waals surface area contributed by atoms with Crippen LogP contribution in [0.1, 0.15) is 23.6 Å². The fourth-order valence-electron chi connectivity index (χ4n) is 3.86. The summed E-state index contributed by atoms with van der Waals surface area (Å²) in [4.78, 5) is 0. The van der Waals surface area contributed by atoms with Crippen LogP contribution in [0.3, 0.4) is 0 Å².